The van der Waals surface area contributed by atoms with Crippen molar-refractivity contribution in [3.63, 3.8) is 0 Å². The molecular weight excluding hydrogens is 364 g/mol. The average molecular weight is 379 g/mol. The lowest BCUT2D eigenvalue weighted by molar-refractivity contribution is -0.122. The molecule has 0 aliphatic carbocycles. The first-order chi connectivity index (χ1) is 11.6. The Kier molecular flexibility index (Phi) is 4.18. The number of primary sulfonamides is 1. The summed E-state index contributed by atoms with van der Waals surface area (Å²) in [5, 5.41) is 4.93. The lowest BCUT2D eigenvalue weighted by Gasteiger charge is -2.23. The first-order valence-corrected chi connectivity index (χ1v) is 9.32. The summed E-state index contributed by atoms with van der Waals surface area (Å²) in [4.78, 5) is 26.2. The Bertz CT molecular complexity index is 975. The van der Waals surface area contributed by atoms with Crippen molar-refractivity contribution in [3.05, 3.63) is 59.1 Å². The van der Waals surface area contributed by atoms with E-state index in [1.54, 1.807) is 31.2 Å². The van der Waals surface area contributed by atoms with Crippen LogP contribution in [0.25, 0.3) is 0 Å². The molecule has 1 heterocycles. The average Bonchev–Trinajstić information content (AvgIpc) is 2.77. The highest BCUT2D eigenvalue weighted by Crippen LogP contribution is 2.39. The van der Waals surface area contributed by atoms with Gasteiger partial charge < -0.3 is 0 Å². The van der Waals surface area contributed by atoms with Crippen LogP contribution < -0.4 is 10.0 Å². The van der Waals surface area contributed by atoms with Crippen LogP contribution in [0.1, 0.15) is 18.9 Å². The molecule has 0 bridgehead atoms. The Hall–Kier alpha value is -2.22. The third-order valence-electron chi connectivity index (χ3n) is 4.32. The second-order valence-electron chi connectivity index (χ2n) is 6.07. The van der Waals surface area contributed by atoms with Gasteiger partial charge in [0, 0.05) is 6.42 Å². The minimum absolute atomic E-state index is 0.0183. The van der Waals surface area contributed by atoms with Crippen molar-refractivity contribution in [2.24, 2.45) is 5.14 Å². The van der Waals surface area contributed by atoms with Gasteiger partial charge in [0.15, 0.2) is 0 Å². The van der Waals surface area contributed by atoms with E-state index in [2.05, 4.69) is 0 Å². The van der Waals surface area contributed by atoms with Crippen LogP contribution in [0.5, 0.6) is 0 Å². The number of amides is 2. The lowest BCUT2D eigenvalue weighted by atomic mass is 9.81. The fourth-order valence-corrected chi connectivity index (χ4v) is 4.06. The molecule has 2 amide bonds. The number of nitrogens with zero attached hydrogens (tertiary/aromatic N) is 1. The smallest absolute Gasteiger partial charge is 0.244 e. The number of sulfonamides is 1. The highest BCUT2D eigenvalue weighted by atomic mass is 35.5. The van der Waals surface area contributed by atoms with Gasteiger partial charge in [0.2, 0.25) is 21.8 Å². The molecule has 25 heavy (non-hydrogen) atoms. The molecule has 2 aromatic carbocycles. The van der Waals surface area contributed by atoms with Crippen molar-refractivity contribution < 1.29 is 18.0 Å². The molecular formula is C17H15ClN2O4S. The van der Waals surface area contributed by atoms with Gasteiger partial charge in [-0.1, -0.05) is 41.9 Å². The van der Waals surface area contributed by atoms with E-state index in [-0.39, 0.29) is 33.8 Å². The number of carbonyl (C=O) groups excluding carboxylic acids is 2. The number of benzene rings is 2. The highest BCUT2D eigenvalue weighted by Gasteiger charge is 2.49. The topological polar surface area (TPSA) is 97.5 Å². The molecule has 1 aliphatic heterocycles. The third kappa shape index (κ3) is 2.95. The number of rotatable bonds is 3. The summed E-state index contributed by atoms with van der Waals surface area (Å²) < 4.78 is 22.9. The maximum atomic E-state index is 13.0. The minimum Gasteiger partial charge on any atom is -0.274 e. The van der Waals surface area contributed by atoms with Gasteiger partial charge >= 0.3 is 0 Å². The molecule has 1 fully saturated rings. The summed E-state index contributed by atoms with van der Waals surface area (Å²) in [7, 11) is -3.99. The van der Waals surface area contributed by atoms with Gasteiger partial charge in [-0.05, 0) is 30.7 Å². The lowest BCUT2D eigenvalue weighted by Crippen LogP contribution is -2.36. The molecule has 0 saturated carbocycles. The van der Waals surface area contributed by atoms with E-state index < -0.39 is 15.4 Å². The Morgan fingerprint density at radius 2 is 1.76 bits per heavy atom. The van der Waals surface area contributed by atoms with Crippen molar-refractivity contribution in [2.45, 2.75) is 23.7 Å². The van der Waals surface area contributed by atoms with Crippen molar-refractivity contribution in [1.82, 2.24) is 0 Å². The van der Waals surface area contributed by atoms with Gasteiger partial charge in [0.05, 0.1) is 16.1 Å². The fourth-order valence-electron chi connectivity index (χ4n) is 2.97. The monoisotopic (exact) mass is 378 g/mol. The Morgan fingerprint density at radius 1 is 1.12 bits per heavy atom. The number of nitrogens with two attached hydrogens (primary N) is 1. The highest BCUT2D eigenvalue weighted by molar-refractivity contribution is 7.89. The number of hydrogen-bond acceptors (Lipinski definition) is 4. The zero-order valence-electron chi connectivity index (χ0n) is 13.3. The maximum Gasteiger partial charge on any atom is 0.244 e. The van der Waals surface area contributed by atoms with Crippen LogP contribution in [0.4, 0.5) is 5.69 Å². The summed E-state index contributed by atoms with van der Waals surface area (Å²) in [6, 6.07) is 12.8. The summed E-state index contributed by atoms with van der Waals surface area (Å²) in [6.07, 6.45) is 0.0183. The molecule has 0 radical (unpaired) electrons. The molecule has 1 unspecified atom stereocenters. The molecule has 6 nitrogen and oxygen atoms in total. The van der Waals surface area contributed by atoms with E-state index in [0.29, 0.717) is 0 Å². The van der Waals surface area contributed by atoms with Crippen molar-refractivity contribution in [1.29, 1.82) is 0 Å². The summed E-state index contributed by atoms with van der Waals surface area (Å²) in [5.74, 6) is -0.765. The Balaban J connectivity index is 2.03. The molecule has 8 heteroatoms. The molecule has 130 valence electrons. The van der Waals surface area contributed by atoms with E-state index in [4.69, 9.17) is 16.7 Å². The SMILES string of the molecule is CC1(c2ccccc2)CC(=O)N(c2ccc(S(N)(=O)=O)c(Cl)c2)C1=O. The van der Waals surface area contributed by atoms with Crippen LogP contribution in [0, 0.1) is 0 Å². The number of halogens is 1. The van der Waals surface area contributed by atoms with E-state index in [1.165, 1.54) is 18.2 Å². The van der Waals surface area contributed by atoms with Gasteiger partial charge in [0.25, 0.3) is 0 Å². The fraction of sp³-hybridized carbons (Fsp3) is 0.176. The predicted octanol–water partition coefficient (Wildman–Crippen LogP) is 2.21. The molecule has 1 atom stereocenters. The third-order valence-corrected chi connectivity index (χ3v) is 5.71. The molecule has 3 rings (SSSR count). The van der Waals surface area contributed by atoms with E-state index in [9.17, 15) is 18.0 Å². The second-order valence-corrected chi connectivity index (χ2v) is 8.01. The van der Waals surface area contributed by atoms with Crippen LogP contribution in [0.3, 0.4) is 0 Å². The largest absolute Gasteiger partial charge is 0.274 e. The molecule has 0 aromatic heterocycles. The van der Waals surface area contributed by atoms with Gasteiger partial charge in [-0.15, -0.1) is 0 Å². The van der Waals surface area contributed by atoms with Crippen LogP contribution in [0.15, 0.2) is 53.4 Å². The first-order valence-electron chi connectivity index (χ1n) is 7.40. The zero-order valence-corrected chi connectivity index (χ0v) is 14.8. The first kappa shape index (κ1) is 17.6. The molecule has 2 aromatic rings. The Morgan fingerprint density at radius 3 is 2.32 bits per heavy atom. The summed E-state index contributed by atoms with van der Waals surface area (Å²) in [6.45, 7) is 1.71. The zero-order chi connectivity index (χ0) is 18.4. The van der Waals surface area contributed by atoms with Crippen LogP contribution in [-0.4, -0.2) is 20.2 Å². The molecule has 0 spiro atoms. The van der Waals surface area contributed by atoms with E-state index >= 15 is 0 Å². The maximum absolute atomic E-state index is 13.0. The summed E-state index contributed by atoms with van der Waals surface area (Å²) in [5.41, 5.74) is -0.0289. The van der Waals surface area contributed by atoms with Crippen LogP contribution in [0.2, 0.25) is 5.02 Å². The van der Waals surface area contributed by atoms with E-state index in [0.717, 1.165) is 10.5 Å². The number of anilines is 1. The van der Waals surface area contributed by atoms with Gasteiger partial charge in [0.1, 0.15) is 4.90 Å². The number of carbonyl (C=O) groups is 2. The minimum atomic E-state index is -3.99. The molecule has 2 N–H and O–H groups in total. The van der Waals surface area contributed by atoms with Gasteiger partial charge in [-0.25, -0.2) is 18.5 Å². The van der Waals surface area contributed by atoms with E-state index in [1.807, 2.05) is 6.07 Å². The van der Waals surface area contributed by atoms with Crippen molar-refractivity contribution >= 4 is 39.1 Å². The van der Waals surface area contributed by atoms with Crippen molar-refractivity contribution in [2.75, 3.05) is 4.90 Å². The Labute approximate surface area is 150 Å². The normalized spacial score (nSPS) is 21.0. The van der Waals surface area contributed by atoms with Gasteiger partial charge in [-0.3, -0.25) is 9.59 Å². The molecule has 1 aliphatic rings. The molecule has 1 saturated heterocycles. The standard InChI is InChI=1S/C17H15ClN2O4S/c1-17(11-5-3-2-4-6-11)10-15(21)20(16(17)22)12-7-8-14(13(18)9-12)25(19,23)24/h2-9H,10H2,1H3,(H2,19,23,24). The van der Waals surface area contributed by atoms with Crippen molar-refractivity contribution in [3.8, 4) is 0 Å². The number of imide groups is 1. The number of hydrogen-bond donors (Lipinski definition) is 1. The van der Waals surface area contributed by atoms with Crippen LogP contribution >= 0.6 is 11.6 Å². The van der Waals surface area contributed by atoms with Crippen LogP contribution in [-0.2, 0) is 25.0 Å². The van der Waals surface area contributed by atoms with Gasteiger partial charge in [-0.2, -0.15) is 0 Å². The summed E-state index contributed by atoms with van der Waals surface area (Å²) >= 11 is 5.97. The second kappa shape index (κ2) is 5.94. The quantitative estimate of drug-likeness (QED) is 0.828. The predicted molar refractivity (Wildman–Crippen MR) is 93.7 cm³/mol.